The van der Waals surface area contributed by atoms with Crippen LogP contribution in [0.3, 0.4) is 0 Å². The first-order chi connectivity index (χ1) is 9.05. The normalized spacial score (nSPS) is 28.5. The van der Waals surface area contributed by atoms with Crippen LogP contribution in [0.2, 0.25) is 0 Å². The maximum atomic E-state index is 12.5. The van der Waals surface area contributed by atoms with Crippen molar-refractivity contribution in [2.75, 3.05) is 12.3 Å². The molecule has 0 amide bonds. The number of hydrogen-bond acceptors (Lipinski definition) is 3. The van der Waals surface area contributed by atoms with Crippen molar-refractivity contribution in [1.29, 1.82) is 0 Å². The molecule has 0 saturated heterocycles. The van der Waals surface area contributed by atoms with Gasteiger partial charge in [0.2, 0.25) is 0 Å². The fourth-order valence-electron chi connectivity index (χ4n) is 3.28. The molecule has 4 heteroatoms. The summed E-state index contributed by atoms with van der Waals surface area (Å²) >= 11 is 0. The van der Waals surface area contributed by atoms with Crippen LogP contribution in [0.4, 0.5) is 0 Å². The third kappa shape index (κ3) is 5.07. The largest absolute Gasteiger partial charge is 0.313 e. The van der Waals surface area contributed by atoms with E-state index in [1.165, 1.54) is 12.8 Å². The highest BCUT2D eigenvalue weighted by Gasteiger charge is 2.37. The van der Waals surface area contributed by atoms with Gasteiger partial charge in [0.15, 0.2) is 9.84 Å². The van der Waals surface area contributed by atoms with E-state index in [2.05, 4.69) is 19.2 Å². The molecule has 0 radical (unpaired) electrons. The van der Waals surface area contributed by atoms with Gasteiger partial charge in [-0.25, -0.2) is 8.42 Å². The second-order valence-corrected chi connectivity index (χ2v) is 8.27. The molecule has 1 fully saturated rings. The molecule has 0 aliphatic heterocycles. The average molecular weight is 289 g/mol. The van der Waals surface area contributed by atoms with Gasteiger partial charge in [-0.1, -0.05) is 33.6 Å². The maximum absolute atomic E-state index is 12.5. The van der Waals surface area contributed by atoms with Crippen molar-refractivity contribution in [2.45, 2.75) is 77.0 Å². The molecule has 3 atom stereocenters. The van der Waals surface area contributed by atoms with Gasteiger partial charge in [-0.15, -0.1) is 0 Å². The van der Waals surface area contributed by atoms with Gasteiger partial charge in [0, 0.05) is 6.04 Å². The van der Waals surface area contributed by atoms with E-state index in [0.717, 1.165) is 38.6 Å². The predicted molar refractivity (Wildman–Crippen MR) is 82.2 cm³/mol. The lowest BCUT2D eigenvalue weighted by Crippen LogP contribution is -2.49. The summed E-state index contributed by atoms with van der Waals surface area (Å²) in [5.74, 6) is 0.960. The molecule has 0 aromatic heterocycles. The Balaban J connectivity index is 2.75. The van der Waals surface area contributed by atoms with E-state index in [0.29, 0.717) is 11.7 Å². The first-order valence-electron chi connectivity index (χ1n) is 8.00. The second kappa shape index (κ2) is 8.25. The Morgan fingerprint density at radius 3 is 2.37 bits per heavy atom. The minimum atomic E-state index is -2.93. The van der Waals surface area contributed by atoms with Gasteiger partial charge in [0.25, 0.3) is 0 Å². The Labute approximate surface area is 119 Å². The molecule has 0 spiro atoms. The smallest absolute Gasteiger partial charge is 0.154 e. The molecule has 0 aromatic rings. The van der Waals surface area contributed by atoms with Crippen molar-refractivity contribution in [3.63, 3.8) is 0 Å². The zero-order valence-corrected chi connectivity index (χ0v) is 13.6. The maximum Gasteiger partial charge on any atom is 0.154 e. The summed E-state index contributed by atoms with van der Waals surface area (Å²) in [5.41, 5.74) is 0. The highest BCUT2D eigenvalue weighted by atomic mass is 32.2. The summed E-state index contributed by atoms with van der Waals surface area (Å²) < 4.78 is 24.9. The van der Waals surface area contributed by atoms with Crippen molar-refractivity contribution in [3.05, 3.63) is 0 Å². The van der Waals surface area contributed by atoms with E-state index in [4.69, 9.17) is 0 Å². The zero-order chi connectivity index (χ0) is 14.3. The minimum absolute atomic E-state index is 0.149. The van der Waals surface area contributed by atoms with E-state index in [1.807, 2.05) is 6.92 Å². The molecule has 114 valence electrons. The Morgan fingerprint density at radius 2 is 1.79 bits per heavy atom. The van der Waals surface area contributed by atoms with Crippen LogP contribution in [0, 0.1) is 5.92 Å². The fraction of sp³-hybridized carbons (Fsp3) is 1.00. The monoisotopic (exact) mass is 289 g/mol. The van der Waals surface area contributed by atoms with E-state index in [1.54, 1.807) is 0 Å². The van der Waals surface area contributed by atoms with Crippen molar-refractivity contribution in [2.24, 2.45) is 5.92 Å². The summed E-state index contributed by atoms with van der Waals surface area (Å²) in [6, 6.07) is 0.185. The quantitative estimate of drug-likeness (QED) is 0.746. The second-order valence-electron chi connectivity index (χ2n) is 5.93. The van der Waals surface area contributed by atoms with Gasteiger partial charge in [-0.2, -0.15) is 0 Å². The van der Waals surface area contributed by atoms with E-state index in [-0.39, 0.29) is 11.3 Å². The zero-order valence-electron chi connectivity index (χ0n) is 12.8. The summed E-state index contributed by atoms with van der Waals surface area (Å²) in [7, 11) is -2.93. The number of sulfone groups is 1. The number of rotatable bonds is 8. The standard InChI is InChI=1S/C15H31NO2S/c1-4-7-13-8-9-14(16-10-5-2)15(12-13)19(17,18)11-6-3/h13-16H,4-12H2,1-3H3. The molecule has 1 saturated carbocycles. The Kier molecular flexibility index (Phi) is 7.37. The van der Waals surface area contributed by atoms with Crippen molar-refractivity contribution < 1.29 is 8.42 Å². The number of hydrogen-bond donors (Lipinski definition) is 1. The lowest BCUT2D eigenvalue weighted by Gasteiger charge is -2.36. The molecule has 0 heterocycles. The van der Waals surface area contributed by atoms with E-state index in [9.17, 15) is 8.42 Å². The molecule has 19 heavy (non-hydrogen) atoms. The van der Waals surface area contributed by atoms with Gasteiger partial charge in [-0.05, 0) is 44.6 Å². The van der Waals surface area contributed by atoms with Gasteiger partial charge in [0.05, 0.1) is 11.0 Å². The molecule has 3 nitrogen and oxygen atoms in total. The predicted octanol–water partition coefficient (Wildman–Crippen LogP) is 3.15. The summed E-state index contributed by atoms with van der Waals surface area (Å²) in [6.07, 6.45) is 7.23. The Hall–Kier alpha value is -0.0900. The van der Waals surface area contributed by atoms with Crippen LogP contribution < -0.4 is 5.32 Å². The SMILES string of the molecule is CCCNC1CCC(CCC)CC1S(=O)(=O)CCC. The summed E-state index contributed by atoms with van der Waals surface area (Å²) in [4.78, 5) is 0. The summed E-state index contributed by atoms with van der Waals surface area (Å²) in [5, 5.41) is 3.32. The molecular formula is C15H31NO2S. The van der Waals surface area contributed by atoms with Gasteiger partial charge in [0.1, 0.15) is 0 Å². The molecule has 1 rings (SSSR count). The highest BCUT2D eigenvalue weighted by Crippen LogP contribution is 2.32. The van der Waals surface area contributed by atoms with Crippen LogP contribution in [0.15, 0.2) is 0 Å². The van der Waals surface area contributed by atoms with Crippen molar-refractivity contribution in [3.8, 4) is 0 Å². The molecule has 1 aliphatic rings. The summed E-state index contributed by atoms with van der Waals surface area (Å²) in [6.45, 7) is 7.21. The third-order valence-corrected chi connectivity index (χ3v) is 6.62. The minimum Gasteiger partial charge on any atom is -0.313 e. The lowest BCUT2D eigenvalue weighted by molar-refractivity contribution is 0.280. The van der Waals surface area contributed by atoms with E-state index < -0.39 is 9.84 Å². The van der Waals surface area contributed by atoms with Gasteiger partial charge in [-0.3, -0.25) is 0 Å². The van der Waals surface area contributed by atoms with Crippen LogP contribution >= 0.6 is 0 Å². The molecule has 3 unspecified atom stereocenters. The fourth-order valence-corrected chi connectivity index (χ4v) is 5.45. The first-order valence-corrected chi connectivity index (χ1v) is 9.71. The van der Waals surface area contributed by atoms with Crippen LogP contribution in [0.25, 0.3) is 0 Å². The average Bonchev–Trinajstić information content (AvgIpc) is 2.37. The van der Waals surface area contributed by atoms with E-state index >= 15 is 0 Å². The van der Waals surface area contributed by atoms with Crippen molar-refractivity contribution in [1.82, 2.24) is 5.32 Å². The Bertz CT molecular complexity index is 340. The van der Waals surface area contributed by atoms with Crippen LogP contribution in [0.1, 0.15) is 65.7 Å². The first kappa shape index (κ1) is 17.0. The van der Waals surface area contributed by atoms with Gasteiger partial charge < -0.3 is 5.32 Å². The molecule has 0 bridgehead atoms. The lowest BCUT2D eigenvalue weighted by atomic mass is 9.83. The molecule has 1 N–H and O–H groups in total. The Morgan fingerprint density at radius 1 is 1.05 bits per heavy atom. The van der Waals surface area contributed by atoms with Crippen LogP contribution in [-0.2, 0) is 9.84 Å². The third-order valence-electron chi connectivity index (χ3n) is 4.20. The van der Waals surface area contributed by atoms with Crippen molar-refractivity contribution >= 4 is 9.84 Å². The molecule has 1 aliphatic carbocycles. The topological polar surface area (TPSA) is 46.2 Å². The van der Waals surface area contributed by atoms with Crippen LogP contribution in [0.5, 0.6) is 0 Å². The molecular weight excluding hydrogens is 258 g/mol. The number of nitrogens with one attached hydrogen (secondary N) is 1. The van der Waals surface area contributed by atoms with Gasteiger partial charge >= 0.3 is 0 Å². The van der Waals surface area contributed by atoms with Crippen LogP contribution in [-0.4, -0.2) is 32.0 Å². The molecule has 0 aromatic carbocycles. The highest BCUT2D eigenvalue weighted by molar-refractivity contribution is 7.92.